The number of nitrogens with zero attached hydrogens (tertiary/aromatic N) is 1. The number of likely N-dealkylation sites (tertiary alicyclic amines) is 1. The molecular weight excluding hydrogens is 424 g/mol. The molecule has 2 aromatic rings. The van der Waals surface area contributed by atoms with Gasteiger partial charge in [0.1, 0.15) is 10.6 Å². The number of hydrogen-bond acceptors (Lipinski definition) is 8. The van der Waals surface area contributed by atoms with Gasteiger partial charge in [-0.15, -0.1) is 22.7 Å². The Morgan fingerprint density at radius 2 is 1.87 bits per heavy atom. The highest BCUT2D eigenvalue weighted by atomic mass is 32.1. The molecule has 1 aliphatic heterocycles. The molecule has 1 aliphatic rings. The summed E-state index contributed by atoms with van der Waals surface area (Å²) in [5.74, 6) is -0.867. The van der Waals surface area contributed by atoms with Crippen molar-refractivity contribution in [3.63, 3.8) is 0 Å². The molecule has 0 radical (unpaired) electrons. The van der Waals surface area contributed by atoms with Crippen LogP contribution in [0.4, 0.5) is 5.00 Å². The fraction of sp³-hybridized carbons (Fsp3) is 0.476. The third-order valence-corrected chi connectivity index (χ3v) is 6.68. The fourth-order valence-electron chi connectivity index (χ4n) is 3.43. The van der Waals surface area contributed by atoms with Gasteiger partial charge in [-0.25, -0.2) is 4.79 Å². The van der Waals surface area contributed by atoms with Gasteiger partial charge in [-0.05, 0) is 51.2 Å². The van der Waals surface area contributed by atoms with E-state index in [0.717, 1.165) is 10.4 Å². The van der Waals surface area contributed by atoms with Crippen molar-refractivity contribution >= 4 is 45.5 Å². The lowest BCUT2D eigenvalue weighted by Gasteiger charge is -2.30. The summed E-state index contributed by atoms with van der Waals surface area (Å²) < 4.78 is 10.3. The van der Waals surface area contributed by atoms with Crippen LogP contribution in [-0.4, -0.2) is 55.6 Å². The predicted molar refractivity (Wildman–Crippen MR) is 118 cm³/mol. The molecule has 1 amide bonds. The molecule has 9 heteroatoms. The number of esters is 2. The van der Waals surface area contributed by atoms with Crippen LogP contribution in [0.1, 0.15) is 37.0 Å². The van der Waals surface area contributed by atoms with E-state index >= 15 is 0 Å². The molecule has 162 valence electrons. The summed E-state index contributed by atoms with van der Waals surface area (Å²) in [5.41, 5.74) is 1.18. The van der Waals surface area contributed by atoms with Crippen molar-refractivity contribution in [1.29, 1.82) is 0 Å². The van der Waals surface area contributed by atoms with Crippen LogP contribution in [0.15, 0.2) is 22.9 Å². The van der Waals surface area contributed by atoms with E-state index in [1.807, 2.05) is 27.8 Å². The van der Waals surface area contributed by atoms with Gasteiger partial charge < -0.3 is 14.8 Å². The first-order valence-corrected chi connectivity index (χ1v) is 11.8. The minimum atomic E-state index is -0.437. The minimum Gasteiger partial charge on any atom is -0.466 e. The summed E-state index contributed by atoms with van der Waals surface area (Å²) in [6.45, 7) is 5.74. The molecule has 0 aliphatic carbocycles. The maximum Gasteiger partial charge on any atom is 0.341 e. The fourth-order valence-corrected chi connectivity index (χ4v) is 5.21. The Labute approximate surface area is 184 Å². The number of anilines is 1. The van der Waals surface area contributed by atoms with Crippen LogP contribution in [0.3, 0.4) is 0 Å². The lowest BCUT2D eigenvalue weighted by molar-refractivity contribution is -0.149. The summed E-state index contributed by atoms with van der Waals surface area (Å²) in [6, 6.07) is 3.86. The largest absolute Gasteiger partial charge is 0.466 e. The number of hydrogen-bond donors (Lipinski definition) is 1. The van der Waals surface area contributed by atoms with E-state index in [4.69, 9.17) is 9.47 Å². The molecule has 0 spiro atoms. The van der Waals surface area contributed by atoms with Gasteiger partial charge in [0.25, 0.3) is 0 Å². The maximum atomic E-state index is 12.6. The lowest BCUT2D eigenvalue weighted by Crippen LogP contribution is -2.41. The third kappa shape index (κ3) is 5.47. The molecule has 7 nitrogen and oxygen atoms in total. The molecular formula is C21H26N2O5S2. The SMILES string of the molecule is CCOC(=O)c1c(-c2cccs2)csc1NC(=O)CN1CCC(C(=O)OCC)CC1. The first-order valence-electron chi connectivity index (χ1n) is 10.0. The van der Waals surface area contributed by atoms with Crippen molar-refractivity contribution in [3.8, 4) is 10.4 Å². The summed E-state index contributed by atoms with van der Waals surface area (Å²) in [5, 5.41) is 7.20. The standard InChI is InChI=1S/C21H26N2O5S2/c1-3-27-20(25)14-7-9-23(10-8-14)12-17(24)22-19-18(21(26)28-4-2)15(13-30-19)16-6-5-11-29-16/h5-6,11,13-14H,3-4,7-10,12H2,1-2H3,(H,22,24). The molecule has 0 atom stereocenters. The Bertz CT molecular complexity index is 870. The molecule has 0 bridgehead atoms. The number of piperidine rings is 1. The van der Waals surface area contributed by atoms with Crippen molar-refractivity contribution in [2.75, 3.05) is 38.2 Å². The Morgan fingerprint density at radius 3 is 2.50 bits per heavy atom. The quantitative estimate of drug-likeness (QED) is 0.615. The van der Waals surface area contributed by atoms with E-state index < -0.39 is 5.97 Å². The predicted octanol–water partition coefficient (Wildman–Crippen LogP) is 3.87. The van der Waals surface area contributed by atoms with Gasteiger partial charge in [-0.2, -0.15) is 0 Å². The Kier molecular flexibility index (Phi) is 8.01. The molecule has 3 heterocycles. The first-order chi connectivity index (χ1) is 14.5. The normalized spacial score (nSPS) is 15.0. The van der Waals surface area contributed by atoms with E-state index in [2.05, 4.69) is 5.32 Å². The number of carbonyl (C=O) groups is 3. The van der Waals surface area contributed by atoms with Crippen LogP contribution < -0.4 is 5.32 Å². The molecule has 1 fully saturated rings. The highest BCUT2D eigenvalue weighted by molar-refractivity contribution is 7.17. The van der Waals surface area contributed by atoms with Crippen LogP contribution in [-0.2, 0) is 19.1 Å². The van der Waals surface area contributed by atoms with Crippen LogP contribution in [0.25, 0.3) is 10.4 Å². The second kappa shape index (κ2) is 10.7. The zero-order chi connectivity index (χ0) is 21.5. The third-order valence-electron chi connectivity index (χ3n) is 4.88. The molecule has 0 aromatic carbocycles. The summed E-state index contributed by atoms with van der Waals surface area (Å²) in [4.78, 5) is 40.0. The zero-order valence-electron chi connectivity index (χ0n) is 17.1. The number of thiophene rings is 2. The van der Waals surface area contributed by atoms with Crippen molar-refractivity contribution in [1.82, 2.24) is 4.90 Å². The first kappa shape index (κ1) is 22.5. The van der Waals surface area contributed by atoms with Crippen molar-refractivity contribution in [2.45, 2.75) is 26.7 Å². The molecule has 2 aromatic heterocycles. The zero-order valence-corrected chi connectivity index (χ0v) is 18.8. The van der Waals surface area contributed by atoms with Crippen LogP contribution in [0.2, 0.25) is 0 Å². The number of ether oxygens (including phenoxy) is 2. The van der Waals surface area contributed by atoms with Crippen molar-refractivity contribution in [3.05, 3.63) is 28.5 Å². The van der Waals surface area contributed by atoms with E-state index in [1.165, 1.54) is 22.7 Å². The summed E-state index contributed by atoms with van der Waals surface area (Å²) in [6.07, 6.45) is 1.36. The van der Waals surface area contributed by atoms with Crippen LogP contribution in [0.5, 0.6) is 0 Å². The molecule has 1 N–H and O–H groups in total. The van der Waals surface area contributed by atoms with Gasteiger partial charge in [0.15, 0.2) is 0 Å². The van der Waals surface area contributed by atoms with E-state index in [-0.39, 0.29) is 30.9 Å². The van der Waals surface area contributed by atoms with Gasteiger partial charge in [-0.3, -0.25) is 14.5 Å². The number of amides is 1. The van der Waals surface area contributed by atoms with Gasteiger partial charge in [0, 0.05) is 15.8 Å². The molecule has 30 heavy (non-hydrogen) atoms. The molecule has 0 unspecified atom stereocenters. The second-order valence-electron chi connectivity index (χ2n) is 6.90. The van der Waals surface area contributed by atoms with Gasteiger partial charge >= 0.3 is 11.9 Å². The van der Waals surface area contributed by atoms with Crippen molar-refractivity contribution < 1.29 is 23.9 Å². The topological polar surface area (TPSA) is 84.9 Å². The van der Waals surface area contributed by atoms with Gasteiger partial charge in [0.2, 0.25) is 5.91 Å². The average molecular weight is 451 g/mol. The maximum absolute atomic E-state index is 12.6. The van der Waals surface area contributed by atoms with Gasteiger partial charge in [-0.1, -0.05) is 6.07 Å². The van der Waals surface area contributed by atoms with E-state index in [0.29, 0.717) is 43.1 Å². The van der Waals surface area contributed by atoms with E-state index in [9.17, 15) is 14.4 Å². The van der Waals surface area contributed by atoms with Gasteiger partial charge in [0.05, 0.1) is 25.7 Å². The molecule has 3 rings (SSSR count). The van der Waals surface area contributed by atoms with Crippen LogP contribution in [0, 0.1) is 5.92 Å². The number of rotatable bonds is 8. The Balaban J connectivity index is 1.63. The number of carbonyl (C=O) groups excluding carboxylic acids is 3. The highest BCUT2D eigenvalue weighted by Gasteiger charge is 2.28. The summed E-state index contributed by atoms with van der Waals surface area (Å²) >= 11 is 2.86. The van der Waals surface area contributed by atoms with Crippen molar-refractivity contribution in [2.24, 2.45) is 5.92 Å². The minimum absolute atomic E-state index is 0.0923. The Morgan fingerprint density at radius 1 is 1.13 bits per heavy atom. The smallest absolute Gasteiger partial charge is 0.341 e. The summed E-state index contributed by atoms with van der Waals surface area (Å²) in [7, 11) is 0. The Hall–Kier alpha value is -2.23. The lowest BCUT2D eigenvalue weighted by atomic mass is 9.97. The molecule has 1 saturated heterocycles. The molecule has 0 saturated carbocycles. The van der Waals surface area contributed by atoms with Crippen LogP contribution >= 0.6 is 22.7 Å². The monoisotopic (exact) mass is 450 g/mol. The second-order valence-corrected chi connectivity index (χ2v) is 8.73. The van der Waals surface area contributed by atoms with E-state index in [1.54, 1.807) is 13.8 Å². The highest BCUT2D eigenvalue weighted by Crippen LogP contribution is 2.38. The average Bonchev–Trinajstić information content (AvgIpc) is 3.38. The number of nitrogens with one attached hydrogen (secondary N) is 1.